The van der Waals surface area contributed by atoms with Gasteiger partial charge in [0, 0.05) is 17.8 Å². The zero-order chi connectivity index (χ0) is 12.4. The van der Waals surface area contributed by atoms with E-state index in [0.29, 0.717) is 5.56 Å². The first kappa shape index (κ1) is 10.5. The Bertz CT molecular complexity index is 740. The van der Waals surface area contributed by atoms with E-state index in [1.807, 2.05) is 36.4 Å². The maximum Gasteiger partial charge on any atom is 0.0998 e. The molecule has 0 unspecified atom stereocenters. The van der Waals surface area contributed by atoms with E-state index in [2.05, 4.69) is 23.2 Å². The fraction of sp³-hybridized carbons (Fsp3) is 0. The second-order valence-electron chi connectivity index (χ2n) is 4.06. The molecule has 3 aromatic rings. The molecule has 18 heavy (non-hydrogen) atoms. The largest absolute Gasteiger partial charge is 0.264 e. The zero-order valence-electron chi connectivity index (χ0n) is 9.67. The molecule has 2 aromatic carbocycles. The fourth-order valence-electron chi connectivity index (χ4n) is 2.16. The van der Waals surface area contributed by atoms with Crippen LogP contribution in [0.5, 0.6) is 0 Å². The summed E-state index contributed by atoms with van der Waals surface area (Å²) < 4.78 is 0. The minimum atomic E-state index is 0.665. The lowest BCUT2D eigenvalue weighted by atomic mass is 9.97. The normalized spacial score (nSPS) is 10.2. The minimum Gasteiger partial charge on any atom is -0.264 e. The van der Waals surface area contributed by atoms with Gasteiger partial charge in [-0.15, -0.1) is 0 Å². The van der Waals surface area contributed by atoms with Crippen LogP contribution in [0.1, 0.15) is 5.56 Å². The molecule has 1 heterocycles. The average molecular weight is 230 g/mol. The lowest BCUT2D eigenvalue weighted by molar-refractivity contribution is 1.36. The smallest absolute Gasteiger partial charge is 0.0998 e. The van der Waals surface area contributed by atoms with Crippen LogP contribution < -0.4 is 0 Å². The molecule has 3 rings (SSSR count). The molecule has 0 aliphatic carbocycles. The van der Waals surface area contributed by atoms with Gasteiger partial charge >= 0.3 is 0 Å². The second-order valence-corrected chi connectivity index (χ2v) is 4.06. The first-order chi connectivity index (χ1) is 8.90. The van der Waals surface area contributed by atoms with E-state index in [9.17, 15) is 0 Å². The predicted molar refractivity (Wildman–Crippen MR) is 71.9 cm³/mol. The van der Waals surface area contributed by atoms with Crippen molar-refractivity contribution in [2.24, 2.45) is 0 Å². The molecule has 0 radical (unpaired) electrons. The highest BCUT2D eigenvalue weighted by Gasteiger charge is 2.06. The van der Waals surface area contributed by atoms with Crippen molar-refractivity contribution >= 4 is 10.8 Å². The van der Waals surface area contributed by atoms with Crippen LogP contribution in [0.4, 0.5) is 0 Å². The van der Waals surface area contributed by atoms with E-state index < -0.39 is 0 Å². The molecule has 0 N–H and O–H groups in total. The van der Waals surface area contributed by atoms with Crippen molar-refractivity contribution in [2.75, 3.05) is 0 Å². The van der Waals surface area contributed by atoms with Gasteiger partial charge < -0.3 is 0 Å². The molecular formula is C16H10N2. The molecule has 0 bridgehead atoms. The number of hydrogen-bond donors (Lipinski definition) is 0. The van der Waals surface area contributed by atoms with Gasteiger partial charge in [0.15, 0.2) is 0 Å². The number of pyridine rings is 1. The minimum absolute atomic E-state index is 0.665. The first-order valence-corrected chi connectivity index (χ1v) is 5.72. The Morgan fingerprint density at radius 3 is 2.50 bits per heavy atom. The van der Waals surface area contributed by atoms with Crippen molar-refractivity contribution in [3.8, 4) is 17.2 Å². The Hall–Kier alpha value is -2.66. The monoisotopic (exact) mass is 230 g/mol. The topological polar surface area (TPSA) is 36.7 Å². The van der Waals surface area contributed by atoms with Gasteiger partial charge in [0.1, 0.15) is 0 Å². The van der Waals surface area contributed by atoms with E-state index >= 15 is 0 Å². The van der Waals surface area contributed by atoms with Crippen LogP contribution in [0, 0.1) is 11.3 Å². The third-order valence-corrected chi connectivity index (χ3v) is 3.02. The van der Waals surface area contributed by atoms with Gasteiger partial charge in [0.2, 0.25) is 0 Å². The van der Waals surface area contributed by atoms with Crippen LogP contribution in [-0.4, -0.2) is 4.98 Å². The Labute approximate surface area is 105 Å². The molecular weight excluding hydrogens is 220 g/mol. The van der Waals surface area contributed by atoms with Gasteiger partial charge in [-0.1, -0.05) is 36.4 Å². The van der Waals surface area contributed by atoms with Crippen LogP contribution in [0.25, 0.3) is 21.9 Å². The van der Waals surface area contributed by atoms with Crippen LogP contribution in [0.2, 0.25) is 0 Å². The highest BCUT2D eigenvalue weighted by Crippen LogP contribution is 2.29. The maximum atomic E-state index is 9.12. The Kier molecular flexibility index (Phi) is 2.51. The quantitative estimate of drug-likeness (QED) is 0.638. The molecule has 0 saturated carbocycles. The van der Waals surface area contributed by atoms with Crippen molar-refractivity contribution in [1.29, 1.82) is 5.26 Å². The summed E-state index contributed by atoms with van der Waals surface area (Å²) in [6.07, 6.45) is 3.51. The summed E-state index contributed by atoms with van der Waals surface area (Å²) >= 11 is 0. The van der Waals surface area contributed by atoms with Crippen molar-refractivity contribution in [2.45, 2.75) is 0 Å². The summed E-state index contributed by atoms with van der Waals surface area (Å²) in [5.74, 6) is 0. The highest BCUT2D eigenvalue weighted by atomic mass is 14.6. The van der Waals surface area contributed by atoms with Gasteiger partial charge in [-0.25, -0.2) is 0 Å². The number of aromatic nitrogens is 1. The van der Waals surface area contributed by atoms with E-state index in [0.717, 1.165) is 21.9 Å². The SMILES string of the molecule is N#Cc1ccc(-c2ccccc2)c2ccncc12. The number of fused-ring (bicyclic) bond motifs is 1. The average Bonchev–Trinajstić information content (AvgIpc) is 2.47. The molecule has 2 nitrogen and oxygen atoms in total. The van der Waals surface area contributed by atoms with Gasteiger partial charge in [0.25, 0.3) is 0 Å². The van der Waals surface area contributed by atoms with Gasteiger partial charge in [-0.3, -0.25) is 4.98 Å². The van der Waals surface area contributed by atoms with Crippen LogP contribution in [0.15, 0.2) is 60.9 Å². The highest BCUT2D eigenvalue weighted by molar-refractivity contribution is 5.99. The number of hydrogen-bond acceptors (Lipinski definition) is 2. The van der Waals surface area contributed by atoms with Gasteiger partial charge in [-0.05, 0) is 28.6 Å². The third kappa shape index (κ3) is 1.63. The van der Waals surface area contributed by atoms with Crippen molar-refractivity contribution < 1.29 is 0 Å². The van der Waals surface area contributed by atoms with E-state index in [1.165, 1.54) is 0 Å². The standard InChI is InChI=1S/C16H10N2/c17-10-13-6-7-14(12-4-2-1-3-5-12)15-8-9-18-11-16(13)15/h1-9,11H. The molecule has 0 aliphatic heterocycles. The molecule has 0 amide bonds. The molecule has 0 atom stereocenters. The summed E-state index contributed by atoms with van der Waals surface area (Å²) in [6.45, 7) is 0. The van der Waals surface area contributed by atoms with Crippen molar-refractivity contribution in [1.82, 2.24) is 4.98 Å². The molecule has 0 spiro atoms. The van der Waals surface area contributed by atoms with E-state index in [1.54, 1.807) is 12.4 Å². The predicted octanol–water partition coefficient (Wildman–Crippen LogP) is 3.77. The molecule has 84 valence electrons. The summed E-state index contributed by atoms with van der Waals surface area (Å²) in [7, 11) is 0. The van der Waals surface area contributed by atoms with E-state index in [-0.39, 0.29) is 0 Å². The maximum absolute atomic E-state index is 9.12. The lowest BCUT2D eigenvalue weighted by Gasteiger charge is -2.07. The second kappa shape index (κ2) is 4.31. The van der Waals surface area contributed by atoms with Crippen LogP contribution in [-0.2, 0) is 0 Å². The number of rotatable bonds is 1. The van der Waals surface area contributed by atoms with Gasteiger partial charge in [0.05, 0.1) is 11.6 Å². The third-order valence-electron chi connectivity index (χ3n) is 3.02. The fourth-order valence-corrected chi connectivity index (χ4v) is 2.16. The van der Waals surface area contributed by atoms with Crippen LogP contribution in [0.3, 0.4) is 0 Å². The number of nitriles is 1. The number of nitrogens with zero attached hydrogens (tertiary/aromatic N) is 2. The van der Waals surface area contributed by atoms with Crippen molar-refractivity contribution in [3.63, 3.8) is 0 Å². The van der Waals surface area contributed by atoms with Crippen molar-refractivity contribution in [3.05, 3.63) is 66.5 Å². The van der Waals surface area contributed by atoms with Gasteiger partial charge in [-0.2, -0.15) is 5.26 Å². The van der Waals surface area contributed by atoms with E-state index in [4.69, 9.17) is 5.26 Å². The summed E-state index contributed by atoms with van der Waals surface area (Å²) in [5, 5.41) is 11.1. The lowest BCUT2D eigenvalue weighted by Crippen LogP contribution is -1.86. The Morgan fingerprint density at radius 2 is 1.72 bits per heavy atom. The molecule has 1 aromatic heterocycles. The summed E-state index contributed by atoms with van der Waals surface area (Å²) in [6, 6.07) is 18.2. The van der Waals surface area contributed by atoms with Crippen LogP contribution >= 0.6 is 0 Å². The summed E-state index contributed by atoms with van der Waals surface area (Å²) in [4.78, 5) is 4.11. The Balaban J connectivity index is 2.36. The molecule has 0 saturated heterocycles. The summed E-state index contributed by atoms with van der Waals surface area (Å²) in [5.41, 5.74) is 2.95. The molecule has 2 heteroatoms. The zero-order valence-corrected chi connectivity index (χ0v) is 9.67. The first-order valence-electron chi connectivity index (χ1n) is 5.72. The molecule has 0 aliphatic rings. The number of benzene rings is 2. The molecule has 0 fully saturated rings. The Morgan fingerprint density at radius 1 is 0.889 bits per heavy atom.